The maximum atomic E-state index is 13.8. The van der Waals surface area contributed by atoms with E-state index >= 15 is 0 Å². The Balaban J connectivity index is 1.75. The van der Waals surface area contributed by atoms with Gasteiger partial charge in [0.25, 0.3) is 5.91 Å². The lowest BCUT2D eigenvalue weighted by Gasteiger charge is -2.12. The lowest BCUT2D eigenvalue weighted by atomic mass is 10.1. The summed E-state index contributed by atoms with van der Waals surface area (Å²) in [4.78, 5) is 17.1. The second-order valence-electron chi connectivity index (χ2n) is 7.43. The molecule has 0 aliphatic carbocycles. The SMILES string of the molecule is Cc1sc(S(N)(=O)=O)cc1NC(=O)c1cc2nc(-c3ccc(C(F)(F)F)cc3)cc(C(F)(F)F)n2n1. The lowest BCUT2D eigenvalue weighted by Crippen LogP contribution is -2.16. The zero-order chi connectivity index (χ0) is 26.6. The van der Waals surface area contributed by atoms with Crippen LogP contribution in [0.3, 0.4) is 0 Å². The molecular formula is C20H13F6N5O3S2. The van der Waals surface area contributed by atoms with E-state index < -0.39 is 50.9 Å². The van der Waals surface area contributed by atoms with Crippen LogP contribution in [0.15, 0.2) is 46.7 Å². The maximum absolute atomic E-state index is 13.8. The molecule has 0 saturated heterocycles. The number of alkyl halides is 6. The van der Waals surface area contributed by atoms with E-state index in [4.69, 9.17) is 5.14 Å². The summed E-state index contributed by atoms with van der Waals surface area (Å²) in [6, 6.07) is 6.05. The molecule has 4 rings (SSSR count). The molecule has 0 bridgehead atoms. The topological polar surface area (TPSA) is 119 Å². The number of aryl methyl sites for hydroxylation is 1. The fraction of sp³-hybridized carbons (Fsp3) is 0.150. The van der Waals surface area contributed by atoms with Crippen molar-refractivity contribution in [2.45, 2.75) is 23.5 Å². The predicted octanol–water partition coefficient (Wildman–Crippen LogP) is 4.70. The van der Waals surface area contributed by atoms with Crippen LogP contribution in [0.25, 0.3) is 16.9 Å². The number of carbonyl (C=O) groups is 1. The van der Waals surface area contributed by atoms with Gasteiger partial charge in [-0.25, -0.2) is 23.1 Å². The molecule has 0 aliphatic rings. The number of nitrogens with one attached hydrogen (secondary N) is 1. The zero-order valence-electron chi connectivity index (χ0n) is 17.8. The van der Waals surface area contributed by atoms with E-state index in [9.17, 15) is 39.6 Å². The number of hydrogen-bond acceptors (Lipinski definition) is 6. The first kappa shape index (κ1) is 25.6. The molecule has 0 atom stereocenters. The Morgan fingerprint density at radius 3 is 2.19 bits per heavy atom. The van der Waals surface area contributed by atoms with Gasteiger partial charge in [-0.05, 0) is 31.2 Å². The fourth-order valence-corrected chi connectivity index (χ4v) is 4.99. The first-order valence-electron chi connectivity index (χ1n) is 9.64. The van der Waals surface area contributed by atoms with Crippen molar-refractivity contribution < 1.29 is 39.6 Å². The fourth-order valence-electron chi connectivity index (χ4n) is 3.17. The average molecular weight is 549 g/mol. The minimum atomic E-state index is -4.95. The molecule has 8 nitrogen and oxygen atoms in total. The summed E-state index contributed by atoms with van der Waals surface area (Å²) < 4.78 is 103. The summed E-state index contributed by atoms with van der Waals surface area (Å²) in [7, 11) is -4.04. The van der Waals surface area contributed by atoms with Crippen LogP contribution in [-0.4, -0.2) is 28.9 Å². The quantitative estimate of drug-likeness (QED) is 0.358. The van der Waals surface area contributed by atoms with Crippen LogP contribution in [-0.2, 0) is 22.4 Å². The van der Waals surface area contributed by atoms with Gasteiger partial charge in [0, 0.05) is 16.5 Å². The van der Waals surface area contributed by atoms with Crippen LogP contribution in [0.2, 0.25) is 0 Å². The smallest absolute Gasteiger partial charge is 0.320 e. The van der Waals surface area contributed by atoms with Crippen LogP contribution in [0.4, 0.5) is 32.0 Å². The van der Waals surface area contributed by atoms with E-state index in [1.54, 1.807) is 0 Å². The molecule has 36 heavy (non-hydrogen) atoms. The van der Waals surface area contributed by atoms with Gasteiger partial charge >= 0.3 is 12.4 Å². The Morgan fingerprint density at radius 2 is 1.67 bits per heavy atom. The van der Waals surface area contributed by atoms with Gasteiger partial charge in [0.1, 0.15) is 4.21 Å². The van der Waals surface area contributed by atoms with Gasteiger partial charge < -0.3 is 5.32 Å². The molecule has 0 aliphatic heterocycles. The number of nitrogens with zero attached hydrogens (tertiary/aromatic N) is 3. The molecule has 0 spiro atoms. The van der Waals surface area contributed by atoms with Crippen LogP contribution in [0.1, 0.15) is 26.6 Å². The predicted molar refractivity (Wildman–Crippen MR) is 117 cm³/mol. The van der Waals surface area contributed by atoms with Crippen LogP contribution in [0, 0.1) is 6.92 Å². The molecule has 190 valence electrons. The van der Waals surface area contributed by atoms with Crippen molar-refractivity contribution in [3.05, 3.63) is 64.3 Å². The molecule has 0 unspecified atom stereocenters. The third-order valence-electron chi connectivity index (χ3n) is 4.88. The minimum Gasteiger partial charge on any atom is -0.320 e. The highest BCUT2D eigenvalue weighted by Crippen LogP contribution is 2.34. The number of aromatic nitrogens is 3. The van der Waals surface area contributed by atoms with Crippen LogP contribution in [0.5, 0.6) is 0 Å². The standard InChI is InChI=1S/C20H13F6N5O3S2/c1-9-12(8-17(35-9)36(27,33)34)29-18(32)14-7-16-28-13(6-15(20(24,25)26)31(16)30-14)10-2-4-11(5-3-10)19(21,22)23/h2-8H,1H3,(H,29,32)(H2,27,33,34). The largest absolute Gasteiger partial charge is 0.433 e. The second kappa shape index (κ2) is 8.56. The molecule has 16 heteroatoms. The van der Waals surface area contributed by atoms with Gasteiger partial charge in [0.15, 0.2) is 17.0 Å². The lowest BCUT2D eigenvalue weighted by molar-refractivity contribution is -0.142. The number of hydrogen-bond donors (Lipinski definition) is 2. The molecule has 4 aromatic rings. The number of amides is 1. The second-order valence-corrected chi connectivity index (χ2v) is 10.5. The van der Waals surface area contributed by atoms with E-state index in [-0.39, 0.29) is 21.2 Å². The van der Waals surface area contributed by atoms with Crippen molar-refractivity contribution in [3.8, 4) is 11.3 Å². The highest BCUT2D eigenvalue weighted by Gasteiger charge is 2.36. The third kappa shape index (κ3) is 5.05. The van der Waals surface area contributed by atoms with E-state index in [0.717, 1.165) is 35.6 Å². The van der Waals surface area contributed by atoms with Crippen molar-refractivity contribution in [3.63, 3.8) is 0 Å². The Morgan fingerprint density at radius 1 is 1.03 bits per heavy atom. The van der Waals surface area contributed by atoms with E-state index in [1.165, 1.54) is 6.92 Å². The highest BCUT2D eigenvalue weighted by atomic mass is 32.2. The normalized spacial score (nSPS) is 12.8. The number of primary sulfonamides is 1. The Labute approximate surface area is 202 Å². The first-order chi connectivity index (χ1) is 16.5. The van der Waals surface area contributed by atoms with E-state index in [0.29, 0.717) is 27.6 Å². The number of rotatable bonds is 4. The van der Waals surface area contributed by atoms with Gasteiger partial charge in [0.05, 0.1) is 16.9 Å². The van der Waals surface area contributed by atoms with Crippen molar-refractivity contribution in [2.24, 2.45) is 5.14 Å². The number of carbonyl (C=O) groups excluding carboxylic acids is 1. The van der Waals surface area contributed by atoms with Gasteiger partial charge in [-0.2, -0.15) is 31.4 Å². The minimum absolute atomic E-state index is 0.0207. The first-order valence-corrected chi connectivity index (χ1v) is 12.0. The van der Waals surface area contributed by atoms with Crippen LogP contribution < -0.4 is 10.5 Å². The number of thiophene rings is 1. The van der Waals surface area contributed by atoms with Gasteiger partial charge in [0.2, 0.25) is 10.0 Å². The zero-order valence-corrected chi connectivity index (χ0v) is 19.4. The highest BCUT2D eigenvalue weighted by molar-refractivity contribution is 7.91. The van der Waals surface area contributed by atoms with Crippen LogP contribution >= 0.6 is 11.3 Å². The Kier molecular flexibility index (Phi) is 6.09. The number of anilines is 1. The maximum Gasteiger partial charge on any atom is 0.433 e. The average Bonchev–Trinajstić information content (AvgIpc) is 3.35. The third-order valence-corrected chi connectivity index (χ3v) is 7.35. The molecule has 0 radical (unpaired) electrons. The number of benzene rings is 1. The summed E-state index contributed by atoms with van der Waals surface area (Å²) in [5, 5.41) is 11.1. The van der Waals surface area contributed by atoms with Gasteiger partial charge in [-0.1, -0.05) is 12.1 Å². The molecule has 3 N–H and O–H groups in total. The molecule has 3 aromatic heterocycles. The van der Waals surface area contributed by atoms with Crippen molar-refractivity contribution in [1.29, 1.82) is 0 Å². The molecule has 1 amide bonds. The summed E-state index contributed by atoms with van der Waals surface area (Å²) in [5.41, 5.74) is -3.40. The molecular weight excluding hydrogens is 536 g/mol. The number of halogens is 6. The van der Waals surface area contributed by atoms with Gasteiger partial charge in [-0.3, -0.25) is 4.79 Å². The summed E-state index contributed by atoms with van der Waals surface area (Å²) in [6.07, 6.45) is -9.58. The Bertz CT molecular complexity index is 1590. The van der Waals surface area contributed by atoms with Crippen molar-refractivity contribution >= 4 is 38.6 Å². The molecule has 3 heterocycles. The van der Waals surface area contributed by atoms with E-state index in [1.807, 2.05) is 0 Å². The summed E-state index contributed by atoms with van der Waals surface area (Å²) in [5.74, 6) is -0.952. The van der Waals surface area contributed by atoms with Gasteiger partial charge in [-0.15, -0.1) is 11.3 Å². The van der Waals surface area contributed by atoms with Crippen molar-refractivity contribution in [1.82, 2.24) is 14.6 Å². The number of nitrogens with two attached hydrogens (primary N) is 1. The molecule has 0 fully saturated rings. The molecule has 0 saturated carbocycles. The molecule has 1 aromatic carbocycles. The Hall–Kier alpha value is -3.50. The van der Waals surface area contributed by atoms with E-state index in [2.05, 4.69) is 15.4 Å². The summed E-state index contributed by atoms with van der Waals surface area (Å²) >= 11 is 0.787. The monoisotopic (exact) mass is 549 g/mol. The number of fused-ring (bicyclic) bond motifs is 1. The van der Waals surface area contributed by atoms with Crippen molar-refractivity contribution in [2.75, 3.05) is 5.32 Å². The summed E-state index contributed by atoms with van der Waals surface area (Å²) in [6.45, 7) is 1.50. The number of sulfonamides is 1.